The van der Waals surface area contributed by atoms with Crippen LogP contribution in [0.1, 0.15) is 29.8 Å². The number of nitrogens with one attached hydrogen (secondary N) is 1. The zero-order valence-corrected chi connectivity index (χ0v) is 17.3. The molecule has 2 atom stereocenters. The van der Waals surface area contributed by atoms with Crippen LogP contribution in [-0.4, -0.2) is 27.4 Å². The number of hydrogen-bond acceptors (Lipinski definition) is 3. The second-order valence-electron chi connectivity index (χ2n) is 6.28. The number of benzene rings is 2. The van der Waals surface area contributed by atoms with E-state index in [4.69, 9.17) is 39.5 Å². The summed E-state index contributed by atoms with van der Waals surface area (Å²) in [4.78, 5) is 11.4. The molecule has 2 N–H and O–H groups in total. The molecule has 0 spiro atoms. The highest BCUT2D eigenvalue weighted by atomic mass is 35.5. The zero-order valence-electron chi connectivity index (χ0n) is 15.0. The van der Waals surface area contributed by atoms with Crippen molar-refractivity contribution in [1.29, 1.82) is 0 Å². The van der Waals surface area contributed by atoms with Gasteiger partial charge in [-0.2, -0.15) is 5.10 Å². The minimum absolute atomic E-state index is 0.366. The Hall–Kier alpha value is -2.05. The molecule has 0 radical (unpaired) electrons. The number of halogens is 3. The van der Waals surface area contributed by atoms with Gasteiger partial charge in [0.1, 0.15) is 6.10 Å². The molecule has 0 saturated heterocycles. The average Bonchev–Trinajstić information content (AvgIpc) is 3.02. The van der Waals surface area contributed by atoms with Crippen LogP contribution in [0.5, 0.6) is 0 Å². The number of hydrogen-bond donors (Lipinski definition) is 2. The number of aromatic amines is 1. The molecule has 1 heterocycles. The van der Waals surface area contributed by atoms with Crippen LogP contribution in [0, 0.1) is 6.92 Å². The molecule has 2 unspecified atom stereocenters. The van der Waals surface area contributed by atoms with Crippen molar-refractivity contribution in [2.75, 3.05) is 0 Å². The van der Waals surface area contributed by atoms with E-state index in [-0.39, 0.29) is 0 Å². The predicted octanol–water partition coefficient (Wildman–Crippen LogP) is 5.92. The topological polar surface area (TPSA) is 75.2 Å². The summed E-state index contributed by atoms with van der Waals surface area (Å²) in [5.74, 6) is -1.08. The van der Waals surface area contributed by atoms with Crippen LogP contribution in [-0.2, 0) is 9.53 Å². The molecule has 0 aliphatic heterocycles. The molecule has 0 saturated carbocycles. The summed E-state index contributed by atoms with van der Waals surface area (Å²) in [6.07, 6.45) is -1.85. The van der Waals surface area contributed by atoms with E-state index in [1.54, 1.807) is 30.3 Å². The second kappa shape index (κ2) is 8.53. The number of H-pyrrole nitrogens is 1. The van der Waals surface area contributed by atoms with Gasteiger partial charge in [0.2, 0.25) is 0 Å². The van der Waals surface area contributed by atoms with Crippen LogP contribution in [0.3, 0.4) is 0 Å². The van der Waals surface area contributed by atoms with Gasteiger partial charge in [0.15, 0.2) is 6.10 Å². The van der Waals surface area contributed by atoms with Gasteiger partial charge in [0, 0.05) is 26.2 Å². The first-order valence-corrected chi connectivity index (χ1v) is 9.55. The van der Waals surface area contributed by atoms with E-state index in [1.807, 2.05) is 19.1 Å². The van der Waals surface area contributed by atoms with Gasteiger partial charge in [-0.15, -0.1) is 0 Å². The van der Waals surface area contributed by atoms with Crippen molar-refractivity contribution in [3.8, 4) is 11.3 Å². The second-order valence-corrected chi connectivity index (χ2v) is 7.56. The highest BCUT2D eigenvalue weighted by Crippen LogP contribution is 2.37. The lowest BCUT2D eigenvalue weighted by atomic mass is 10.00. The van der Waals surface area contributed by atoms with E-state index < -0.39 is 18.2 Å². The van der Waals surface area contributed by atoms with Crippen molar-refractivity contribution in [2.24, 2.45) is 0 Å². The molecule has 8 heteroatoms. The maximum atomic E-state index is 11.4. The third kappa shape index (κ3) is 4.33. The molecule has 5 nitrogen and oxygen atoms in total. The van der Waals surface area contributed by atoms with Gasteiger partial charge in [-0.3, -0.25) is 5.10 Å². The number of ether oxygens (including phenoxy) is 1. The van der Waals surface area contributed by atoms with Crippen molar-refractivity contribution in [1.82, 2.24) is 10.2 Å². The summed E-state index contributed by atoms with van der Waals surface area (Å²) >= 11 is 18.3. The fraction of sp³-hybridized carbons (Fsp3) is 0.200. The minimum atomic E-state index is -1.08. The molecule has 0 fully saturated rings. The predicted molar refractivity (Wildman–Crippen MR) is 110 cm³/mol. The maximum Gasteiger partial charge on any atom is 0.332 e. The monoisotopic (exact) mass is 438 g/mol. The SMILES string of the molecule is Cc1c(C(OC(C)C(=O)O)c2ccc(Cl)cc2Cl)n[nH]c1-c1ccc(Cl)cc1. The normalized spacial score (nSPS) is 13.3. The van der Waals surface area contributed by atoms with Gasteiger partial charge in [-0.05, 0) is 43.7 Å². The van der Waals surface area contributed by atoms with E-state index in [2.05, 4.69) is 10.2 Å². The molecule has 146 valence electrons. The molecule has 0 aliphatic carbocycles. The summed E-state index contributed by atoms with van der Waals surface area (Å²) in [6.45, 7) is 3.34. The van der Waals surface area contributed by atoms with Gasteiger partial charge in [-0.25, -0.2) is 4.79 Å². The van der Waals surface area contributed by atoms with Gasteiger partial charge in [-0.1, -0.05) is 53.0 Å². The Morgan fingerprint density at radius 2 is 1.75 bits per heavy atom. The van der Waals surface area contributed by atoms with Gasteiger partial charge in [0.05, 0.1) is 11.4 Å². The molecular formula is C20H17Cl3N2O3. The van der Waals surface area contributed by atoms with Crippen molar-refractivity contribution in [2.45, 2.75) is 26.1 Å². The summed E-state index contributed by atoms with van der Waals surface area (Å²) in [5.41, 5.74) is 3.62. The molecule has 0 aliphatic rings. The van der Waals surface area contributed by atoms with E-state index in [9.17, 15) is 9.90 Å². The first kappa shape index (κ1) is 20.7. The molecule has 3 rings (SSSR count). The quantitative estimate of drug-likeness (QED) is 0.499. The molecular weight excluding hydrogens is 423 g/mol. The lowest BCUT2D eigenvalue weighted by Gasteiger charge is -2.21. The summed E-state index contributed by atoms with van der Waals surface area (Å²) in [7, 11) is 0. The largest absolute Gasteiger partial charge is 0.479 e. The Kier molecular flexibility index (Phi) is 6.30. The molecule has 3 aromatic rings. The van der Waals surface area contributed by atoms with Crippen LogP contribution < -0.4 is 0 Å². The summed E-state index contributed by atoms with van der Waals surface area (Å²) < 4.78 is 5.82. The van der Waals surface area contributed by atoms with E-state index in [1.165, 1.54) is 6.92 Å². The third-order valence-electron chi connectivity index (χ3n) is 4.36. The Morgan fingerprint density at radius 1 is 1.11 bits per heavy atom. The number of carboxylic acids is 1. The summed E-state index contributed by atoms with van der Waals surface area (Å²) in [6, 6.07) is 12.3. The van der Waals surface area contributed by atoms with Gasteiger partial charge in [0.25, 0.3) is 0 Å². The molecule has 0 amide bonds. The first-order valence-electron chi connectivity index (χ1n) is 8.42. The Balaban J connectivity index is 2.08. The van der Waals surface area contributed by atoms with Crippen molar-refractivity contribution >= 4 is 40.8 Å². The van der Waals surface area contributed by atoms with Crippen LogP contribution in [0.2, 0.25) is 15.1 Å². The standard InChI is InChI=1S/C20H17Cl3N2O3/c1-10-17(12-3-5-13(21)6-4-12)24-25-18(10)19(28-11(2)20(26)27)15-8-7-14(22)9-16(15)23/h3-9,11,19H,1-2H3,(H,24,25)(H,26,27). The van der Waals surface area contributed by atoms with Crippen LogP contribution in [0.4, 0.5) is 0 Å². The highest BCUT2D eigenvalue weighted by molar-refractivity contribution is 6.35. The lowest BCUT2D eigenvalue weighted by molar-refractivity contribution is -0.151. The number of nitrogens with zero attached hydrogens (tertiary/aromatic N) is 1. The highest BCUT2D eigenvalue weighted by Gasteiger charge is 2.28. The lowest BCUT2D eigenvalue weighted by Crippen LogP contribution is -2.24. The smallest absolute Gasteiger partial charge is 0.332 e. The van der Waals surface area contributed by atoms with Gasteiger partial charge < -0.3 is 9.84 Å². The molecule has 28 heavy (non-hydrogen) atoms. The number of aromatic nitrogens is 2. The molecule has 2 aromatic carbocycles. The zero-order chi connectivity index (χ0) is 20.4. The number of aliphatic carboxylic acids is 1. The maximum absolute atomic E-state index is 11.4. The van der Waals surface area contributed by atoms with Crippen LogP contribution in [0.15, 0.2) is 42.5 Å². The first-order chi connectivity index (χ1) is 13.3. The molecule has 1 aromatic heterocycles. The van der Waals surface area contributed by atoms with Crippen LogP contribution >= 0.6 is 34.8 Å². The average molecular weight is 440 g/mol. The Morgan fingerprint density at radius 3 is 2.36 bits per heavy atom. The van der Waals surface area contributed by atoms with E-state index >= 15 is 0 Å². The van der Waals surface area contributed by atoms with Crippen LogP contribution in [0.25, 0.3) is 11.3 Å². The van der Waals surface area contributed by atoms with Gasteiger partial charge >= 0.3 is 5.97 Å². The third-order valence-corrected chi connectivity index (χ3v) is 5.18. The summed E-state index contributed by atoms with van der Waals surface area (Å²) in [5, 5.41) is 18.2. The number of carboxylic acid groups (broad SMARTS) is 1. The van der Waals surface area contributed by atoms with Crippen molar-refractivity contribution < 1.29 is 14.6 Å². The van der Waals surface area contributed by atoms with Crippen molar-refractivity contribution in [3.63, 3.8) is 0 Å². The fourth-order valence-corrected chi connectivity index (χ4v) is 3.46. The Labute approximate surface area is 177 Å². The number of rotatable bonds is 6. The minimum Gasteiger partial charge on any atom is -0.479 e. The van der Waals surface area contributed by atoms with Crippen molar-refractivity contribution in [3.05, 3.63) is 74.4 Å². The Bertz CT molecular complexity index is 1000. The number of carbonyl (C=O) groups is 1. The van der Waals surface area contributed by atoms with E-state index in [0.29, 0.717) is 26.3 Å². The molecule has 0 bridgehead atoms. The van der Waals surface area contributed by atoms with E-state index in [0.717, 1.165) is 16.8 Å². The fourth-order valence-electron chi connectivity index (χ4n) is 2.83.